The molecule has 3 aromatic rings. The summed E-state index contributed by atoms with van der Waals surface area (Å²) in [6, 6.07) is 9.76. The van der Waals surface area contributed by atoms with Crippen molar-refractivity contribution in [3.05, 3.63) is 60.4 Å². The van der Waals surface area contributed by atoms with Crippen LogP contribution >= 0.6 is 0 Å². The lowest BCUT2D eigenvalue weighted by Crippen LogP contribution is -2.03. The van der Waals surface area contributed by atoms with Crippen LogP contribution in [0.3, 0.4) is 0 Å². The summed E-state index contributed by atoms with van der Waals surface area (Å²) in [5.74, 6) is 0.816. The van der Waals surface area contributed by atoms with Gasteiger partial charge in [0.2, 0.25) is 0 Å². The maximum Gasteiger partial charge on any atom is 0.137 e. The first-order chi connectivity index (χ1) is 9.74. The van der Waals surface area contributed by atoms with Crippen LogP contribution in [0.25, 0.3) is 11.3 Å². The molecule has 0 atom stereocenters. The number of nitrogens with zero attached hydrogens (tertiary/aromatic N) is 2. The van der Waals surface area contributed by atoms with E-state index in [1.165, 1.54) is 12.1 Å². The van der Waals surface area contributed by atoms with E-state index in [1.807, 2.05) is 13.1 Å². The average Bonchev–Trinajstić information content (AvgIpc) is 3.09. The Bertz CT molecular complexity index is 704. The van der Waals surface area contributed by atoms with Gasteiger partial charge >= 0.3 is 0 Å². The van der Waals surface area contributed by atoms with Crippen molar-refractivity contribution in [3.63, 3.8) is 0 Å². The summed E-state index contributed by atoms with van der Waals surface area (Å²) in [4.78, 5) is 0. The molecule has 0 unspecified atom stereocenters. The molecule has 0 spiro atoms. The number of rotatable bonds is 4. The van der Waals surface area contributed by atoms with E-state index in [1.54, 1.807) is 35.3 Å². The number of aromatic nitrogens is 2. The molecule has 4 nitrogen and oxygen atoms in total. The maximum atomic E-state index is 13.4. The Morgan fingerprint density at radius 3 is 2.90 bits per heavy atom. The zero-order valence-corrected chi connectivity index (χ0v) is 10.9. The summed E-state index contributed by atoms with van der Waals surface area (Å²) in [5, 5.41) is 4.07. The van der Waals surface area contributed by atoms with Gasteiger partial charge in [-0.15, -0.1) is 0 Å². The van der Waals surface area contributed by atoms with Crippen molar-refractivity contribution in [1.29, 1.82) is 0 Å². The smallest absolute Gasteiger partial charge is 0.137 e. The van der Waals surface area contributed by atoms with Crippen LogP contribution in [0.4, 0.5) is 4.39 Å². The lowest BCUT2D eigenvalue weighted by atomic mass is 10.1. The first-order valence-corrected chi connectivity index (χ1v) is 6.17. The van der Waals surface area contributed by atoms with Gasteiger partial charge in [0.15, 0.2) is 0 Å². The highest BCUT2D eigenvalue weighted by atomic mass is 19.1. The first-order valence-electron chi connectivity index (χ1n) is 6.17. The van der Waals surface area contributed by atoms with Crippen LogP contribution in [0.5, 0.6) is 5.75 Å². The van der Waals surface area contributed by atoms with E-state index in [2.05, 4.69) is 5.10 Å². The molecular formula is C15H13FN2O2. The molecule has 0 amide bonds. The summed E-state index contributed by atoms with van der Waals surface area (Å²) in [5.41, 5.74) is 1.52. The number of ether oxygens (including phenoxy) is 1. The fourth-order valence-electron chi connectivity index (χ4n) is 1.95. The topological polar surface area (TPSA) is 40.2 Å². The minimum Gasteiger partial charge on any atom is -0.487 e. The van der Waals surface area contributed by atoms with Gasteiger partial charge in [-0.25, -0.2) is 4.39 Å². The molecule has 0 aliphatic rings. The van der Waals surface area contributed by atoms with E-state index in [-0.39, 0.29) is 5.82 Å². The minimum absolute atomic E-state index is 0.329. The van der Waals surface area contributed by atoms with Crippen LogP contribution in [0.1, 0.15) is 5.69 Å². The van der Waals surface area contributed by atoms with Crippen molar-refractivity contribution >= 4 is 0 Å². The van der Waals surface area contributed by atoms with Crippen molar-refractivity contribution in [2.75, 3.05) is 0 Å². The summed E-state index contributed by atoms with van der Waals surface area (Å²) in [6.07, 6.45) is 3.25. The monoisotopic (exact) mass is 272 g/mol. The third-order valence-electron chi connectivity index (χ3n) is 3.03. The molecule has 0 fully saturated rings. The van der Waals surface area contributed by atoms with Crippen molar-refractivity contribution < 1.29 is 13.5 Å². The van der Waals surface area contributed by atoms with E-state index >= 15 is 0 Å². The van der Waals surface area contributed by atoms with Gasteiger partial charge in [0.05, 0.1) is 17.5 Å². The molecular weight excluding hydrogens is 259 g/mol. The zero-order valence-electron chi connectivity index (χ0n) is 10.9. The minimum atomic E-state index is -0.329. The molecule has 0 aliphatic carbocycles. The molecule has 1 aromatic carbocycles. The largest absolute Gasteiger partial charge is 0.487 e. The van der Waals surface area contributed by atoms with Crippen molar-refractivity contribution in [3.8, 4) is 17.1 Å². The fourth-order valence-corrected chi connectivity index (χ4v) is 1.95. The van der Waals surface area contributed by atoms with E-state index in [0.29, 0.717) is 23.7 Å². The van der Waals surface area contributed by atoms with Crippen molar-refractivity contribution in [2.24, 2.45) is 7.05 Å². The van der Waals surface area contributed by atoms with E-state index in [4.69, 9.17) is 9.15 Å². The number of hydrogen-bond acceptors (Lipinski definition) is 3. The molecule has 2 heterocycles. The summed E-state index contributed by atoms with van der Waals surface area (Å²) in [7, 11) is 1.84. The Balaban J connectivity index is 1.88. The van der Waals surface area contributed by atoms with Gasteiger partial charge in [0.25, 0.3) is 0 Å². The second-order valence-corrected chi connectivity index (χ2v) is 4.35. The third-order valence-corrected chi connectivity index (χ3v) is 3.03. The molecule has 2 aromatic heterocycles. The second-order valence-electron chi connectivity index (χ2n) is 4.35. The Hall–Kier alpha value is -2.56. The first kappa shape index (κ1) is 12.5. The maximum absolute atomic E-state index is 13.4. The lowest BCUT2D eigenvalue weighted by Gasteiger charge is -2.10. The zero-order chi connectivity index (χ0) is 13.9. The number of benzene rings is 1. The van der Waals surface area contributed by atoms with Gasteiger partial charge in [0, 0.05) is 13.2 Å². The molecule has 0 bridgehead atoms. The van der Waals surface area contributed by atoms with Gasteiger partial charge in [-0.1, -0.05) is 0 Å². The van der Waals surface area contributed by atoms with Gasteiger partial charge in [-0.05, 0) is 36.4 Å². The molecule has 0 saturated heterocycles. The number of aryl methyl sites for hydroxylation is 1. The van der Waals surface area contributed by atoms with Crippen LogP contribution in [0.15, 0.2) is 53.3 Å². The van der Waals surface area contributed by atoms with E-state index in [9.17, 15) is 4.39 Å². The summed E-state index contributed by atoms with van der Waals surface area (Å²) in [6.45, 7) is 0.357. The quantitative estimate of drug-likeness (QED) is 0.730. The Labute approximate surface area is 115 Å². The van der Waals surface area contributed by atoms with E-state index < -0.39 is 0 Å². The molecule has 0 aliphatic heterocycles. The van der Waals surface area contributed by atoms with Crippen LogP contribution in [-0.4, -0.2) is 9.78 Å². The van der Waals surface area contributed by atoms with Crippen molar-refractivity contribution in [1.82, 2.24) is 9.78 Å². The average molecular weight is 272 g/mol. The third kappa shape index (κ3) is 2.42. The molecule has 0 radical (unpaired) electrons. The lowest BCUT2D eigenvalue weighted by molar-refractivity contribution is 0.295. The highest BCUT2D eigenvalue weighted by Gasteiger charge is 2.11. The molecule has 20 heavy (non-hydrogen) atoms. The van der Waals surface area contributed by atoms with Gasteiger partial charge in [-0.3, -0.25) is 4.68 Å². The normalized spacial score (nSPS) is 10.7. The summed E-state index contributed by atoms with van der Waals surface area (Å²) >= 11 is 0. The SMILES string of the molecule is Cn1nccc1COc1ccc(F)cc1-c1ccco1. The number of halogens is 1. The highest BCUT2D eigenvalue weighted by molar-refractivity contribution is 5.65. The van der Waals surface area contributed by atoms with Gasteiger partial charge in [-0.2, -0.15) is 5.10 Å². The predicted octanol–water partition coefficient (Wildman–Crippen LogP) is 3.40. The van der Waals surface area contributed by atoms with E-state index in [0.717, 1.165) is 5.69 Å². The Morgan fingerprint density at radius 1 is 1.30 bits per heavy atom. The molecule has 0 saturated carbocycles. The standard InChI is InChI=1S/C15H13FN2O2/c1-18-12(6-7-17-18)10-20-15-5-4-11(16)9-13(15)14-3-2-8-19-14/h2-9H,10H2,1H3. The highest BCUT2D eigenvalue weighted by Crippen LogP contribution is 2.31. The molecule has 3 rings (SSSR count). The number of hydrogen-bond donors (Lipinski definition) is 0. The van der Waals surface area contributed by atoms with Crippen LogP contribution in [-0.2, 0) is 13.7 Å². The molecule has 102 valence electrons. The van der Waals surface area contributed by atoms with Crippen LogP contribution in [0.2, 0.25) is 0 Å². The fraction of sp³-hybridized carbons (Fsp3) is 0.133. The Morgan fingerprint density at radius 2 is 2.20 bits per heavy atom. The van der Waals surface area contributed by atoms with Gasteiger partial charge in [0.1, 0.15) is 23.9 Å². The van der Waals surface area contributed by atoms with Crippen LogP contribution < -0.4 is 4.74 Å². The predicted molar refractivity (Wildman–Crippen MR) is 71.6 cm³/mol. The van der Waals surface area contributed by atoms with Crippen LogP contribution in [0, 0.1) is 5.82 Å². The number of furan rings is 1. The molecule has 5 heteroatoms. The summed E-state index contributed by atoms with van der Waals surface area (Å²) < 4.78 is 26.2. The second kappa shape index (κ2) is 5.21. The molecule has 0 N–H and O–H groups in total. The Kier molecular flexibility index (Phi) is 3.25. The van der Waals surface area contributed by atoms with Crippen molar-refractivity contribution in [2.45, 2.75) is 6.61 Å². The van der Waals surface area contributed by atoms with Gasteiger partial charge < -0.3 is 9.15 Å².